The summed E-state index contributed by atoms with van der Waals surface area (Å²) in [4.78, 5) is 19.3. The monoisotopic (exact) mass is 578 g/mol. The number of nitrogens with zero attached hydrogens (tertiary/aromatic N) is 3. The standard InChI is InChI=1S/C21H30N4O9S3/c1-3-24(21(26)33-13-15-7-4-5-8-16(15)14-34-25(27)28)18-12-23(9-6-10-32-2)37(30,31)20-17(18)11-19(35-20)36(22)29/h4-5,7-8,11,18,27-28H,3,6,9-10,12-14,22H2,1-2H3/t18-,36?/m0/s1. The lowest BCUT2D eigenvalue weighted by atomic mass is 10.1. The highest BCUT2D eigenvalue weighted by molar-refractivity contribution is 7.92. The summed E-state index contributed by atoms with van der Waals surface area (Å²) in [5, 5.41) is 22.8. The number of nitrogens with two attached hydrogens (primary N) is 1. The number of sulfonamides is 1. The SMILES string of the molecule is CCN(C(=O)OCc1ccccc1CON(O)O)[C@H]1CN(CCCOC)S(=O)(=O)c2sc(S(N)=O)cc21. The maximum Gasteiger partial charge on any atom is 0.410 e. The highest BCUT2D eigenvalue weighted by Crippen LogP contribution is 2.42. The highest BCUT2D eigenvalue weighted by Gasteiger charge is 2.42. The van der Waals surface area contributed by atoms with E-state index < -0.39 is 38.5 Å². The van der Waals surface area contributed by atoms with Crippen LogP contribution in [0.2, 0.25) is 0 Å². The molecule has 4 N–H and O–H groups in total. The average Bonchev–Trinajstić information content (AvgIpc) is 3.32. The Balaban J connectivity index is 1.86. The molecule has 0 saturated heterocycles. The Morgan fingerprint density at radius 3 is 2.54 bits per heavy atom. The Kier molecular flexibility index (Phi) is 10.5. The van der Waals surface area contributed by atoms with Crippen molar-refractivity contribution in [3.05, 3.63) is 47.0 Å². The second-order valence-corrected chi connectivity index (χ2v) is 12.4. The molecule has 16 heteroatoms. The summed E-state index contributed by atoms with van der Waals surface area (Å²) in [6.07, 6.45) is -0.231. The van der Waals surface area contributed by atoms with Gasteiger partial charge in [0.2, 0.25) is 0 Å². The first-order chi connectivity index (χ1) is 17.6. The molecule has 1 unspecified atom stereocenters. The molecule has 2 atom stereocenters. The van der Waals surface area contributed by atoms with E-state index in [1.807, 2.05) is 0 Å². The lowest BCUT2D eigenvalue weighted by Gasteiger charge is -2.37. The first kappa shape index (κ1) is 29.6. The van der Waals surface area contributed by atoms with Crippen LogP contribution in [-0.4, -0.2) is 77.1 Å². The number of rotatable bonds is 12. The second kappa shape index (κ2) is 13.2. The molecule has 1 amide bonds. The van der Waals surface area contributed by atoms with Crippen LogP contribution in [0.25, 0.3) is 0 Å². The van der Waals surface area contributed by atoms with Gasteiger partial charge >= 0.3 is 6.09 Å². The molecule has 37 heavy (non-hydrogen) atoms. The number of ether oxygens (including phenoxy) is 2. The van der Waals surface area contributed by atoms with Crippen molar-refractivity contribution in [2.45, 2.75) is 41.0 Å². The van der Waals surface area contributed by atoms with Crippen molar-refractivity contribution in [3.63, 3.8) is 0 Å². The molecule has 3 rings (SSSR count). The molecule has 206 valence electrons. The van der Waals surface area contributed by atoms with Crippen molar-refractivity contribution < 1.29 is 42.1 Å². The first-order valence-corrected chi connectivity index (χ1v) is 14.7. The summed E-state index contributed by atoms with van der Waals surface area (Å²) >= 11 is 0.833. The molecule has 0 saturated carbocycles. The van der Waals surface area contributed by atoms with E-state index in [9.17, 15) is 17.4 Å². The van der Waals surface area contributed by atoms with E-state index in [0.717, 1.165) is 11.3 Å². The van der Waals surface area contributed by atoms with Gasteiger partial charge in [-0.25, -0.2) is 27.4 Å². The lowest BCUT2D eigenvalue weighted by Crippen LogP contribution is -2.47. The van der Waals surface area contributed by atoms with Gasteiger partial charge < -0.3 is 14.4 Å². The van der Waals surface area contributed by atoms with Crippen LogP contribution in [0, 0.1) is 0 Å². The van der Waals surface area contributed by atoms with Gasteiger partial charge in [-0.1, -0.05) is 24.3 Å². The van der Waals surface area contributed by atoms with E-state index in [1.54, 1.807) is 31.2 Å². The Hall–Kier alpha value is -1.99. The van der Waals surface area contributed by atoms with Gasteiger partial charge in [-0.3, -0.25) is 10.4 Å². The normalized spacial score (nSPS) is 17.9. The maximum atomic E-state index is 13.3. The lowest BCUT2D eigenvalue weighted by molar-refractivity contribution is -0.497. The fourth-order valence-corrected chi connectivity index (χ4v) is 8.04. The van der Waals surface area contributed by atoms with Crippen LogP contribution < -0.4 is 5.14 Å². The zero-order valence-corrected chi connectivity index (χ0v) is 22.8. The first-order valence-electron chi connectivity index (χ1n) is 11.2. The highest BCUT2D eigenvalue weighted by atomic mass is 32.3. The Morgan fingerprint density at radius 1 is 1.27 bits per heavy atom. The van der Waals surface area contributed by atoms with E-state index in [1.165, 1.54) is 22.4 Å². The number of benzene rings is 1. The van der Waals surface area contributed by atoms with Crippen molar-refractivity contribution in [2.24, 2.45) is 5.14 Å². The van der Waals surface area contributed by atoms with Gasteiger partial charge in [0.05, 0.1) is 18.0 Å². The zero-order valence-electron chi connectivity index (χ0n) is 20.3. The molecular formula is C21H30N4O9S3. The fraction of sp³-hybridized carbons (Fsp3) is 0.476. The van der Waals surface area contributed by atoms with Crippen molar-refractivity contribution >= 4 is 38.4 Å². The van der Waals surface area contributed by atoms with Crippen LogP contribution in [0.1, 0.15) is 36.1 Å². The van der Waals surface area contributed by atoms with Crippen LogP contribution in [-0.2, 0) is 48.5 Å². The average molecular weight is 579 g/mol. The van der Waals surface area contributed by atoms with Crippen molar-refractivity contribution in [1.29, 1.82) is 0 Å². The van der Waals surface area contributed by atoms with Crippen molar-refractivity contribution in [3.8, 4) is 0 Å². The number of likely N-dealkylation sites (N-methyl/N-ethyl adjacent to an activating group) is 1. The molecule has 2 aromatic rings. The minimum atomic E-state index is -3.88. The van der Waals surface area contributed by atoms with Crippen LogP contribution >= 0.6 is 11.3 Å². The summed E-state index contributed by atoms with van der Waals surface area (Å²) < 4.78 is 50.6. The molecule has 1 aromatic heterocycles. The maximum absolute atomic E-state index is 13.3. The number of carbonyl (C=O) groups is 1. The number of fused-ring (bicyclic) bond motifs is 1. The number of thiophene rings is 1. The molecule has 1 aliphatic rings. The number of carbonyl (C=O) groups excluding carboxylic acids is 1. The van der Waals surface area contributed by atoms with Crippen LogP contribution in [0.15, 0.2) is 38.8 Å². The number of hydrogen-bond donors (Lipinski definition) is 3. The van der Waals surface area contributed by atoms with E-state index in [4.69, 9.17) is 25.0 Å². The number of methoxy groups -OCH3 is 1. The molecule has 0 bridgehead atoms. The smallest absolute Gasteiger partial charge is 0.410 e. The summed E-state index contributed by atoms with van der Waals surface area (Å²) in [5.41, 5.74) is 1.49. The van der Waals surface area contributed by atoms with Crippen molar-refractivity contribution in [2.75, 3.05) is 33.4 Å². The number of amides is 1. The summed E-state index contributed by atoms with van der Waals surface area (Å²) in [6, 6.07) is 7.62. The van der Waals surface area contributed by atoms with Gasteiger partial charge in [0.1, 0.15) is 26.0 Å². The third kappa shape index (κ3) is 7.11. The van der Waals surface area contributed by atoms with E-state index >= 15 is 0 Å². The predicted octanol–water partition coefficient (Wildman–Crippen LogP) is 1.98. The van der Waals surface area contributed by atoms with Gasteiger partial charge in [0.15, 0.2) is 0 Å². The van der Waals surface area contributed by atoms with Gasteiger partial charge in [0.25, 0.3) is 10.0 Å². The topological polar surface area (TPSA) is 172 Å². The largest absolute Gasteiger partial charge is 0.445 e. The fourth-order valence-electron chi connectivity index (χ4n) is 3.93. The molecule has 1 aromatic carbocycles. The van der Waals surface area contributed by atoms with Crippen LogP contribution in [0.5, 0.6) is 0 Å². The predicted molar refractivity (Wildman–Crippen MR) is 132 cm³/mol. The minimum Gasteiger partial charge on any atom is -0.445 e. The van der Waals surface area contributed by atoms with Gasteiger partial charge in [-0.05, 0) is 30.5 Å². The van der Waals surface area contributed by atoms with E-state index in [-0.39, 0.29) is 41.3 Å². The third-order valence-electron chi connectivity index (χ3n) is 5.72. The molecule has 0 fully saturated rings. The molecular weight excluding hydrogens is 548 g/mol. The molecule has 0 aliphatic carbocycles. The quantitative estimate of drug-likeness (QED) is 0.250. The molecule has 2 heterocycles. The zero-order chi connectivity index (χ0) is 27.2. The molecule has 0 spiro atoms. The Labute approximate surface area is 221 Å². The van der Waals surface area contributed by atoms with Gasteiger partial charge in [0, 0.05) is 38.9 Å². The molecule has 13 nitrogen and oxygen atoms in total. The summed E-state index contributed by atoms with van der Waals surface area (Å²) in [5.74, 6) is 0. The van der Waals surface area contributed by atoms with Gasteiger partial charge in [-0.2, -0.15) is 4.31 Å². The second-order valence-electron chi connectivity index (χ2n) is 7.97. The van der Waals surface area contributed by atoms with Gasteiger partial charge in [-0.15, -0.1) is 11.3 Å². The van der Waals surface area contributed by atoms with E-state index in [0.29, 0.717) is 29.7 Å². The van der Waals surface area contributed by atoms with Crippen molar-refractivity contribution in [1.82, 2.24) is 14.6 Å². The minimum absolute atomic E-state index is 0.00118. The molecule has 0 radical (unpaired) electrons. The summed E-state index contributed by atoms with van der Waals surface area (Å²) in [7, 11) is -4.25. The summed E-state index contributed by atoms with van der Waals surface area (Å²) in [6.45, 7) is 2.17. The van der Waals surface area contributed by atoms with Crippen LogP contribution in [0.4, 0.5) is 4.79 Å². The van der Waals surface area contributed by atoms with E-state index in [2.05, 4.69) is 4.84 Å². The number of hydrogen-bond acceptors (Lipinski definition) is 11. The Bertz CT molecular complexity index is 1210. The third-order valence-corrected chi connectivity index (χ3v) is 10.3. The molecule has 1 aliphatic heterocycles. The van der Waals surface area contributed by atoms with Crippen LogP contribution in [0.3, 0.4) is 0 Å². The Morgan fingerprint density at radius 2 is 1.95 bits per heavy atom.